The zero-order valence-electron chi connectivity index (χ0n) is 19.3. The number of carbonyl (C=O) groups excluding carboxylic acids is 1. The van der Waals surface area contributed by atoms with Gasteiger partial charge >= 0.3 is 0 Å². The highest BCUT2D eigenvalue weighted by Crippen LogP contribution is 2.36. The number of ether oxygens (including phenoxy) is 1. The van der Waals surface area contributed by atoms with Gasteiger partial charge in [-0.25, -0.2) is 4.39 Å². The van der Waals surface area contributed by atoms with Crippen LogP contribution in [0.4, 0.5) is 4.39 Å². The fraction of sp³-hybridized carbons (Fsp3) is 0.321. The number of rotatable bonds is 7. The quantitative estimate of drug-likeness (QED) is 0.496. The molecule has 0 atom stereocenters. The Labute approximate surface area is 195 Å². The highest BCUT2D eigenvalue weighted by molar-refractivity contribution is 5.97. The van der Waals surface area contributed by atoms with Crippen LogP contribution in [0.2, 0.25) is 0 Å². The molecular formula is C28H31FN2O2. The van der Waals surface area contributed by atoms with Crippen molar-refractivity contribution in [3.05, 3.63) is 95.8 Å². The Kier molecular flexibility index (Phi) is 7.09. The summed E-state index contributed by atoms with van der Waals surface area (Å²) in [5, 5.41) is 3.22. The van der Waals surface area contributed by atoms with E-state index in [1.54, 1.807) is 6.07 Å². The molecule has 1 saturated carbocycles. The molecule has 0 aliphatic heterocycles. The number of likely N-dealkylation sites (N-methyl/N-ethyl adjacent to an activating group) is 1. The Hall–Kier alpha value is -3.18. The summed E-state index contributed by atoms with van der Waals surface area (Å²) in [4.78, 5) is 15.4. The van der Waals surface area contributed by atoms with E-state index in [9.17, 15) is 9.18 Å². The zero-order valence-corrected chi connectivity index (χ0v) is 19.3. The van der Waals surface area contributed by atoms with Gasteiger partial charge < -0.3 is 15.0 Å². The number of carbonyl (C=O) groups is 1. The molecule has 0 heterocycles. The van der Waals surface area contributed by atoms with E-state index in [4.69, 9.17) is 4.74 Å². The van der Waals surface area contributed by atoms with Gasteiger partial charge in [-0.2, -0.15) is 0 Å². The van der Waals surface area contributed by atoms with Crippen LogP contribution in [0.3, 0.4) is 0 Å². The zero-order chi connectivity index (χ0) is 23.3. The van der Waals surface area contributed by atoms with Gasteiger partial charge in [0.1, 0.15) is 17.3 Å². The normalized spacial score (nSPS) is 20.4. The van der Waals surface area contributed by atoms with Crippen molar-refractivity contribution >= 4 is 5.91 Å². The summed E-state index contributed by atoms with van der Waals surface area (Å²) >= 11 is 0. The van der Waals surface area contributed by atoms with Crippen LogP contribution in [0.25, 0.3) is 0 Å². The number of amides is 1. The maximum absolute atomic E-state index is 13.3. The molecule has 0 aromatic heterocycles. The summed E-state index contributed by atoms with van der Waals surface area (Å²) in [5.41, 5.74) is 1.68. The average molecular weight is 447 g/mol. The maximum atomic E-state index is 13.3. The Morgan fingerprint density at radius 3 is 2.27 bits per heavy atom. The fourth-order valence-corrected chi connectivity index (χ4v) is 4.69. The maximum Gasteiger partial charge on any atom is 0.255 e. The molecule has 172 valence electrons. The molecular weight excluding hydrogens is 415 g/mol. The van der Waals surface area contributed by atoms with Crippen molar-refractivity contribution in [1.82, 2.24) is 10.2 Å². The standard InChI is InChI=1S/C28H31FN2O2/c1-31(2)28(20-21-12-14-22(29)15-13-21)18-16-23(17-19-28)30-27(32)25-10-6-7-11-26(25)33-24-8-4-3-5-9-24/h3-15,23H,16-20H2,1-2H3,(H,30,32). The highest BCUT2D eigenvalue weighted by Gasteiger charge is 2.37. The minimum absolute atomic E-state index is 0.00733. The summed E-state index contributed by atoms with van der Waals surface area (Å²) in [6.45, 7) is 0. The van der Waals surface area contributed by atoms with Crippen LogP contribution in [0.1, 0.15) is 41.6 Å². The number of nitrogens with one attached hydrogen (secondary N) is 1. The van der Waals surface area contributed by atoms with Crippen molar-refractivity contribution in [2.24, 2.45) is 0 Å². The molecule has 0 unspecified atom stereocenters. The van der Waals surface area contributed by atoms with Gasteiger partial charge in [0.15, 0.2) is 0 Å². The lowest BCUT2D eigenvalue weighted by Gasteiger charge is -2.45. The van der Waals surface area contributed by atoms with E-state index < -0.39 is 0 Å². The highest BCUT2D eigenvalue weighted by atomic mass is 19.1. The molecule has 0 bridgehead atoms. The van der Waals surface area contributed by atoms with Crippen molar-refractivity contribution in [3.8, 4) is 11.5 Å². The van der Waals surface area contributed by atoms with E-state index in [-0.39, 0.29) is 23.3 Å². The Morgan fingerprint density at radius 2 is 1.61 bits per heavy atom. The monoisotopic (exact) mass is 446 g/mol. The number of nitrogens with zero attached hydrogens (tertiary/aromatic N) is 1. The molecule has 0 spiro atoms. The van der Waals surface area contributed by atoms with Gasteiger partial charge in [0.25, 0.3) is 5.91 Å². The first-order valence-electron chi connectivity index (χ1n) is 11.5. The number of para-hydroxylation sites is 2. The molecule has 1 aliphatic carbocycles. The van der Waals surface area contributed by atoms with E-state index in [1.165, 1.54) is 12.1 Å². The lowest BCUT2D eigenvalue weighted by atomic mass is 9.74. The fourth-order valence-electron chi connectivity index (χ4n) is 4.69. The van der Waals surface area contributed by atoms with E-state index in [0.717, 1.165) is 37.7 Å². The summed E-state index contributed by atoms with van der Waals surface area (Å²) in [6.07, 6.45) is 4.59. The minimum Gasteiger partial charge on any atom is -0.457 e. The Bertz CT molecular complexity index is 1060. The molecule has 0 radical (unpaired) electrons. The van der Waals surface area contributed by atoms with Crippen molar-refractivity contribution in [3.63, 3.8) is 0 Å². The van der Waals surface area contributed by atoms with Gasteiger partial charge in [0.2, 0.25) is 0 Å². The van der Waals surface area contributed by atoms with Crippen LogP contribution in [0.5, 0.6) is 11.5 Å². The largest absolute Gasteiger partial charge is 0.457 e. The number of benzene rings is 3. The molecule has 3 aromatic carbocycles. The van der Waals surface area contributed by atoms with Crippen LogP contribution in [0, 0.1) is 5.82 Å². The third kappa shape index (κ3) is 5.60. The molecule has 3 aromatic rings. The second-order valence-electron chi connectivity index (χ2n) is 9.08. The van der Waals surface area contributed by atoms with Gasteiger partial charge in [-0.15, -0.1) is 0 Å². The first kappa shape index (κ1) is 23.0. The average Bonchev–Trinajstić information content (AvgIpc) is 2.83. The van der Waals surface area contributed by atoms with Gasteiger partial charge in [-0.05, 0) is 88.2 Å². The molecule has 5 heteroatoms. The molecule has 1 N–H and O–H groups in total. The summed E-state index contributed by atoms with van der Waals surface area (Å²) in [7, 11) is 4.22. The molecule has 1 amide bonds. The van der Waals surface area contributed by atoms with E-state index >= 15 is 0 Å². The Morgan fingerprint density at radius 1 is 0.970 bits per heavy atom. The third-order valence-electron chi connectivity index (χ3n) is 6.75. The second-order valence-corrected chi connectivity index (χ2v) is 9.08. The summed E-state index contributed by atoms with van der Waals surface area (Å²) in [5.74, 6) is 0.936. The second kappa shape index (κ2) is 10.2. The van der Waals surface area contributed by atoms with Crippen molar-refractivity contribution in [1.29, 1.82) is 0 Å². The van der Waals surface area contributed by atoms with E-state index in [1.807, 2.05) is 60.7 Å². The lowest BCUT2D eigenvalue weighted by Crippen LogP contribution is -2.52. The van der Waals surface area contributed by atoms with Gasteiger partial charge in [-0.3, -0.25) is 4.79 Å². The molecule has 4 nitrogen and oxygen atoms in total. The van der Waals surface area contributed by atoms with Crippen molar-refractivity contribution < 1.29 is 13.9 Å². The predicted octanol–water partition coefficient (Wildman–Crippen LogP) is 5.83. The Balaban J connectivity index is 1.40. The number of hydrogen-bond acceptors (Lipinski definition) is 3. The van der Waals surface area contributed by atoms with Crippen molar-refractivity contribution in [2.45, 2.75) is 43.7 Å². The number of hydrogen-bond donors (Lipinski definition) is 1. The first-order chi connectivity index (χ1) is 15.9. The first-order valence-corrected chi connectivity index (χ1v) is 11.5. The third-order valence-corrected chi connectivity index (χ3v) is 6.75. The van der Waals surface area contributed by atoms with Crippen LogP contribution >= 0.6 is 0 Å². The van der Waals surface area contributed by atoms with Crippen molar-refractivity contribution in [2.75, 3.05) is 14.1 Å². The van der Waals surface area contributed by atoms with Gasteiger partial charge in [-0.1, -0.05) is 42.5 Å². The minimum atomic E-state index is -0.208. The molecule has 4 rings (SSSR count). The smallest absolute Gasteiger partial charge is 0.255 e. The summed E-state index contributed by atoms with van der Waals surface area (Å²) in [6, 6.07) is 23.8. The summed E-state index contributed by atoms with van der Waals surface area (Å²) < 4.78 is 19.3. The SMILES string of the molecule is CN(C)C1(Cc2ccc(F)cc2)CCC(NC(=O)c2ccccc2Oc2ccccc2)CC1. The van der Waals surface area contributed by atoms with Crippen LogP contribution in [0.15, 0.2) is 78.9 Å². The molecule has 1 aliphatic rings. The number of halogens is 1. The molecule has 0 saturated heterocycles. The topological polar surface area (TPSA) is 41.6 Å². The predicted molar refractivity (Wildman–Crippen MR) is 129 cm³/mol. The van der Waals surface area contributed by atoms with E-state index in [2.05, 4.69) is 24.3 Å². The van der Waals surface area contributed by atoms with Crippen LogP contribution in [-0.4, -0.2) is 36.5 Å². The van der Waals surface area contributed by atoms with E-state index in [0.29, 0.717) is 17.1 Å². The molecule has 33 heavy (non-hydrogen) atoms. The molecule has 1 fully saturated rings. The lowest BCUT2D eigenvalue weighted by molar-refractivity contribution is 0.0768. The van der Waals surface area contributed by atoms with Gasteiger partial charge in [0.05, 0.1) is 5.56 Å². The van der Waals surface area contributed by atoms with Crippen LogP contribution in [-0.2, 0) is 6.42 Å². The van der Waals surface area contributed by atoms with Gasteiger partial charge in [0, 0.05) is 11.6 Å². The van der Waals surface area contributed by atoms with Crippen LogP contribution < -0.4 is 10.1 Å².